The maximum Gasteiger partial charge on any atom is 0.223 e. The van der Waals surface area contributed by atoms with E-state index < -0.39 is 0 Å². The highest BCUT2D eigenvalue weighted by Crippen LogP contribution is 2.32. The number of halogens is 1. The quantitative estimate of drug-likeness (QED) is 0.921. The summed E-state index contributed by atoms with van der Waals surface area (Å²) < 4.78 is 0. The molecule has 1 unspecified atom stereocenters. The van der Waals surface area contributed by atoms with Gasteiger partial charge in [-0.1, -0.05) is 57.0 Å². The molecule has 0 bridgehead atoms. The minimum Gasteiger partial charge on any atom is -0.333 e. The first kappa shape index (κ1) is 16.3. The first-order valence-corrected chi connectivity index (χ1v) is 8.07. The molecule has 21 heavy (non-hydrogen) atoms. The van der Waals surface area contributed by atoms with Crippen LogP contribution in [0.2, 0.25) is 5.02 Å². The zero-order chi connectivity index (χ0) is 15.5. The van der Waals surface area contributed by atoms with Crippen LogP contribution in [0.1, 0.15) is 45.2 Å². The average molecular weight is 309 g/mol. The lowest BCUT2D eigenvalue weighted by atomic mass is 9.85. The molecule has 1 N–H and O–H groups in total. The molecule has 1 aromatic rings. The smallest absolute Gasteiger partial charge is 0.223 e. The zero-order valence-corrected chi connectivity index (χ0v) is 13.9. The summed E-state index contributed by atoms with van der Waals surface area (Å²) in [6.45, 7) is 8.79. The fraction of sp³-hybridized carbons (Fsp3) is 0.588. The van der Waals surface area contributed by atoms with Crippen molar-refractivity contribution in [2.24, 2.45) is 5.41 Å². The monoisotopic (exact) mass is 308 g/mol. The van der Waals surface area contributed by atoms with E-state index in [-0.39, 0.29) is 17.4 Å². The van der Waals surface area contributed by atoms with Crippen LogP contribution in [0.4, 0.5) is 0 Å². The molecule has 0 aliphatic carbocycles. The van der Waals surface area contributed by atoms with E-state index in [4.69, 9.17) is 11.6 Å². The van der Waals surface area contributed by atoms with Crippen LogP contribution < -0.4 is 5.32 Å². The average Bonchev–Trinajstić information content (AvgIpc) is 2.47. The van der Waals surface area contributed by atoms with Crippen LogP contribution in [0.5, 0.6) is 0 Å². The predicted molar refractivity (Wildman–Crippen MR) is 87.5 cm³/mol. The summed E-state index contributed by atoms with van der Waals surface area (Å²) in [5.74, 6) is 0.230. The van der Waals surface area contributed by atoms with Gasteiger partial charge in [0, 0.05) is 31.1 Å². The van der Waals surface area contributed by atoms with Gasteiger partial charge >= 0.3 is 0 Å². The van der Waals surface area contributed by atoms with E-state index >= 15 is 0 Å². The lowest BCUT2D eigenvalue weighted by Gasteiger charge is -2.38. The Hall–Kier alpha value is -1.06. The van der Waals surface area contributed by atoms with Crippen LogP contribution in [-0.4, -0.2) is 30.4 Å². The molecule has 1 atom stereocenters. The van der Waals surface area contributed by atoms with Gasteiger partial charge in [0.25, 0.3) is 0 Å². The molecule has 3 nitrogen and oxygen atoms in total. The first-order valence-electron chi connectivity index (χ1n) is 7.69. The van der Waals surface area contributed by atoms with Crippen molar-refractivity contribution in [2.45, 2.75) is 39.7 Å². The summed E-state index contributed by atoms with van der Waals surface area (Å²) >= 11 is 6.32. The molecule has 1 aromatic carbocycles. The minimum absolute atomic E-state index is 0.0348. The minimum atomic E-state index is 0.0348. The molecular weight excluding hydrogens is 284 g/mol. The number of nitrogens with one attached hydrogen (secondary N) is 1. The van der Waals surface area contributed by atoms with Crippen molar-refractivity contribution in [2.75, 3.05) is 19.6 Å². The topological polar surface area (TPSA) is 32.3 Å². The van der Waals surface area contributed by atoms with Crippen molar-refractivity contribution < 1.29 is 4.79 Å². The summed E-state index contributed by atoms with van der Waals surface area (Å²) in [7, 11) is 0. The van der Waals surface area contributed by atoms with Crippen molar-refractivity contribution in [1.29, 1.82) is 0 Å². The van der Waals surface area contributed by atoms with Crippen LogP contribution in [-0.2, 0) is 4.79 Å². The maximum atomic E-state index is 12.7. The zero-order valence-electron chi connectivity index (χ0n) is 13.2. The largest absolute Gasteiger partial charge is 0.333 e. The van der Waals surface area contributed by atoms with Gasteiger partial charge in [-0.15, -0.1) is 0 Å². The molecular formula is C17H25ClN2O. The Morgan fingerprint density at radius 2 is 2.14 bits per heavy atom. The van der Waals surface area contributed by atoms with Crippen LogP contribution in [0, 0.1) is 5.41 Å². The van der Waals surface area contributed by atoms with Gasteiger partial charge in [-0.3, -0.25) is 4.79 Å². The fourth-order valence-electron chi connectivity index (χ4n) is 2.66. The Kier molecular flexibility index (Phi) is 5.28. The van der Waals surface area contributed by atoms with Gasteiger partial charge < -0.3 is 10.2 Å². The van der Waals surface area contributed by atoms with Crippen molar-refractivity contribution in [3.8, 4) is 0 Å². The van der Waals surface area contributed by atoms with Gasteiger partial charge in [-0.05, 0) is 17.0 Å². The van der Waals surface area contributed by atoms with Gasteiger partial charge in [-0.2, -0.15) is 0 Å². The van der Waals surface area contributed by atoms with Crippen LogP contribution in [0.15, 0.2) is 24.3 Å². The third kappa shape index (κ3) is 3.98. The number of hydrogen-bond donors (Lipinski definition) is 1. The van der Waals surface area contributed by atoms with Gasteiger partial charge in [0.1, 0.15) is 0 Å². The summed E-state index contributed by atoms with van der Waals surface area (Å²) in [4.78, 5) is 14.7. The predicted octanol–water partition coefficient (Wildman–Crippen LogP) is 3.64. The third-order valence-electron chi connectivity index (χ3n) is 4.41. The summed E-state index contributed by atoms with van der Waals surface area (Å²) in [6.07, 6.45) is 1.59. The van der Waals surface area contributed by atoms with Crippen molar-refractivity contribution >= 4 is 17.5 Å². The van der Waals surface area contributed by atoms with Gasteiger partial charge in [0.2, 0.25) is 5.91 Å². The second kappa shape index (κ2) is 6.80. The molecule has 2 rings (SSSR count). The van der Waals surface area contributed by atoms with E-state index in [2.05, 4.69) is 26.1 Å². The molecule has 0 radical (unpaired) electrons. The molecule has 0 saturated carbocycles. The number of carbonyl (C=O) groups is 1. The van der Waals surface area contributed by atoms with E-state index in [0.717, 1.165) is 36.6 Å². The Morgan fingerprint density at radius 3 is 2.81 bits per heavy atom. The normalized spacial score (nSPS) is 19.6. The van der Waals surface area contributed by atoms with Crippen molar-refractivity contribution in [3.05, 3.63) is 34.9 Å². The SMILES string of the molecule is CCC(C)(C)CC(=O)N1CCNCC1c1ccccc1Cl. The van der Waals surface area contributed by atoms with Crippen LogP contribution >= 0.6 is 11.6 Å². The number of benzene rings is 1. The van der Waals surface area contributed by atoms with E-state index in [1.165, 1.54) is 0 Å². The Balaban J connectivity index is 2.20. The lowest BCUT2D eigenvalue weighted by Crippen LogP contribution is -2.49. The van der Waals surface area contributed by atoms with Crippen molar-refractivity contribution in [3.63, 3.8) is 0 Å². The second-order valence-electron chi connectivity index (χ2n) is 6.52. The Labute approximate surface area is 132 Å². The molecule has 1 fully saturated rings. The van der Waals surface area contributed by atoms with Gasteiger partial charge in [0.15, 0.2) is 0 Å². The molecule has 0 spiro atoms. The highest BCUT2D eigenvalue weighted by atomic mass is 35.5. The molecule has 0 aromatic heterocycles. The second-order valence-corrected chi connectivity index (χ2v) is 6.93. The molecule has 1 aliphatic rings. The molecule has 116 valence electrons. The van der Waals surface area contributed by atoms with Crippen LogP contribution in [0.25, 0.3) is 0 Å². The third-order valence-corrected chi connectivity index (χ3v) is 4.76. The molecule has 1 saturated heterocycles. The fourth-order valence-corrected chi connectivity index (χ4v) is 2.92. The maximum absolute atomic E-state index is 12.7. The van der Waals surface area contributed by atoms with Gasteiger partial charge in [0.05, 0.1) is 6.04 Å². The number of amides is 1. The molecule has 1 aliphatic heterocycles. The summed E-state index contributed by atoms with van der Waals surface area (Å²) in [5.41, 5.74) is 1.08. The standard InChI is InChI=1S/C17H25ClN2O/c1-4-17(2,3)11-16(21)20-10-9-19-12-15(20)13-7-5-6-8-14(13)18/h5-8,15,19H,4,9-12H2,1-3H3. The van der Waals surface area contributed by atoms with Crippen LogP contribution in [0.3, 0.4) is 0 Å². The van der Waals surface area contributed by atoms with E-state index in [1.54, 1.807) is 0 Å². The number of rotatable bonds is 4. The Bertz CT molecular complexity index is 501. The number of carbonyl (C=O) groups excluding carboxylic acids is 1. The number of hydrogen-bond acceptors (Lipinski definition) is 2. The summed E-state index contributed by atoms with van der Waals surface area (Å²) in [5, 5.41) is 4.10. The lowest BCUT2D eigenvalue weighted by molar-refractivity contribution is -0.136. The van der Waals surface area contributed by atoms with E-state index in [0.29, 0.717) is 6.42 Å². The number of nitrogens with zero attached hydrogens (tertiary/aromatic N) is 1. The first-order chi connectivity index (χ1) is 9.94. The molecule has 4 heteroatoms. The Morgan fingerprint density at radius 1 is 1.43 bits per heavy atom. The molecule has 1 heterocycles. The molecule has 1 amide bonds. The van der Waals surface area contributed by atoms with Crippen molar-refractivity contribution in [1.82, 2.24) is 10.2 Å². The number of piperazine rings is 1. The highest BCUT2D eigenvalue weighted by Gasteiger charge is 2.31. The van der Waals surface area contributed by atoms with Gasteiger partial charge in [-0.25, -0.2) is 0 Å². The summed E-state index contributed by atoms with van der Waals surface area (Å²) in [6, 6.07) is 7.85. The van der Waals surface area contributed by atoms with E-state index in [9.17, 15) is 4.79 Å². The highest BCUT2D eigenvalue weighted by molar-refractivity contribution is 6.31. The van der Waals surface area contributed by atoms with E-state index in [1.807, 2.05) is 29.2 Å².